The lowest BCUT2D eigenvalue weighted by Crippen LogP contribution is -1.55. The van der Waals surface area contributed by atoms with E-state index in [0.29, 0.717) is 0 Å². The van der Waals surface area contributed by atoms with Gasteiger partial charge in [-0.05, 0) is 6.07 Å². The molecule has 0 aliphatic rings. The van der Waals surface area contributed by atoms with Gasteiger partial charge in [0.1, 0.15) is 0 Å². The Morgan fingerprint density at radius 2 is 1.80 bits per heavy atom. The molecule has 1 N–H and O–H groups in total. The van der Waals surface area contributed by atoms with Crippen LogP contribution in [-0.2, 0) is 4.74 Å². The lowest BCUT2D eigenvalue weighted by Gasteiger charge is -1.61. The fraction of sp³-hybridized carbons (Fsp3) is 0.571. The van der Waals surface area contributed by atoms with Gasteiger partial charge in [0.25, 0.3) is 0 Å². The molecule has 1 heterocycles. The quantitative estimate of drug-likeness (QED) is 0.601. The molecule has 0 amide bonds. The SMILES string of the molecule is CC.COC.c1cn[nH]c1. The van der Waals surface area contributed by atoms with Crippen molar-refractivity contribution in [1.82, 2.24) is 10.2 Å². The summed E-state index contributed by atoms with van der Waals surface area (Å²) in [6, 6.07) is 1.83. The first-order valence-electron chi connectivity index (χ1n) is 3.25. The Labute approximate surface area is 62.4 Å². The molecule has 0 saturated carbocycles. The number of nitrogens with zero attached hydrogens (tertiary/aromatic N) is 1. The van der Waals surface area contributed by atoms with E-state index in [9.17, 15) is 0 Å². The highest BCUT2D eigenvalue weighted by atomic mass is 16.4. The summed E-state index contributed by atoms with van der Waals surface area (Å²) in [5.41, 5.74) is 0. The van der Waals surface area contributed by atoms with Crippen LogP contribution in [0.5, 0.6) is 0 Å². The van der Waals surface area contributed by atoms with Gasteiger partial charge in [-0.15, -0.1) is 0 Å². The summed E-state index contributed by atoms with van der Waals surface area (Å²) in [5.74, 6) is 0. The Kier molecular flexibility index (Phi) is 18.7. The van der Waals surface area contributed by atoms with Crippen LogP contribution in [-0.4, -0.2) is 24.4 Å². The minimum atomic E-state index is 1.62. The third-order valence-corrected chi connectivity index (χ3v) is 0.406. The summed E-state index contributed by atoms with van der Waals surface area (Å²) in [6.07, 6.45) is 3.46. The summed E-state index contributed by atoms with van der Waals surface area (Å²) < 4.78 is 4.25. The first-order chi connectivity index (χ1) is 4.91. The zero-order chi connectivity index (χ0) is 8.24. The molecule has 3 heteroatoms. The van der Waals surface area contributed by atoms with Crippen molar-refractivity contribution in [2.45, 2.75) is 13.8 Å². The third-order valence-electron chi connectivity index (χ3n) is 0.406. The topological polar surface area (TPSA) is 37.9 Å². The summed E-state index contributed by atoms with van der Waals surface area (Å²) in [5, 5.41) is 6.21. The number of H-pyrrole nitrogens is 1. The van der Waals surface area contributed by atoms with E-state index in [1.165, 1.54) is 0 Å². The number of hydrogen-bond donors (Lipinski definition) is 1. The molecule has 60 valence electrons. The number of ether oxygens (including phenoxy) is 1. The van der Waals surface area contributed by atoms with Crippen molar-refractivity contribution < 1.29 is 4.74 Å². The van der Waals surface area contributed by atoms with Crippen molar-refractivity contribution in [3.8, 4) is 0 Å². The van der Waals surface area contributed by atoms with Gasteiger partial charge in [0.15, 0.2) is 0 Å². The molecule has 0 unspecified atom stereocenters. The van der Waals surface area contributed by atoms with E-state index in [2.05, 4.69) is 14.9 Å². The molecule has 1 aromatic heterocycles. The average Bonchev–Trinajstić information content (AvgIpc) is 2.48. The van der Waals surface area contributed by atoms with Gasteiger partial charge in [-0.1, -0.05) is 13.8 Å². The van der Waals surface area contributed by atoms with Crippen LogP contribution in [0.25, 0.3) is 0 Å². The fourth-order valence-electron chi connectivity index (χ4n) is 0.215. The number of aromatic amines is 1. The molecule has 0 radical (unpaired) electrons. The number of aromatic nitrogens is 2. The molecule has 0 aromatic carbocycles. The second kappa shape index (κ2) is 15.7. The number of nitrogens with one attached hydrogen (secondary N) is 1. The fourth-order valence-corrected chi connectivity index (χ4v) is 0.215. The van der Waals surface area contributed by atoms with Crippen LogP contribution < -0.4 is 0 Å². The zero-order valence-corrected chi connectivity index (χ0v) is 7.09. The number of methoxy groups -OCH3 is 1. The molecule has 1 rings (SSSR count). The molecular weight excluding hydrogens is 128 g/mol. The minimum Gasteiger partial charge on any atom is -0.388 e. The molecular formula is C7H16N2O. The van der Waals surface area contributed by atoms with Crippen LogP contribution >= 0.6 is 0 Å². The number of hydrogen-bond acceptors (Lipinski definition) is 2. The molecule has 10 heavy (non-hydrogen) atoms. The molecule has 0 bridgehead atoms. The number of rotatable bonds is 0. The highest BCUT2D eigenvalue weighted by Gasteiger charge is 1.56. The van der Waals surface area contributed by atoms with Gasteiger partial charge in [-0.25, -0.2) is 0 Å². The zero-order valence-electron chi connectivity index (χ0n) is 7.09. The average molecular weight is 144 g/mol. The molecule has 0 saturated heterocycles. The Bertz CT molecular complexity index is 78.5. The van der Waals surface area contributed by atoms with Crippen LogP contribution in [0.4, 0.5) is 0 Å². The summed E-state index contributed by atoms with van der Waals surface area (Å²) >= 11 is 0. The molecule has 0 aliphatic carbocycles. The Morgan fingerprint density at radius 1 is 1.30 bits per heavy atom. The lowest BCUT2D eigenvalue weighted by atomic mass is 10.8. The van der Waals surface area contributed by atoms with Crippen molar-refractivity contribution in [3.63, 3.8) is 0 Å². The maximum Gasteiger partial charge on any atom is 0.0487 e. The van der Waals surface area contributed by atoms with Crippen molar-refractivity contribution >= 4 is 0 Å². The van der Waals surface area contributed by atoms with Gasteiger partial charge in [0.05, 0.1) is 0 Å². The van der Waals surface area contributed by atoms with Gasteiger partial charge in [0.2, 0.25) is 0 Å². The summed E-state index contributed by atoms with van der Waals surface area (Å²) in [4.78, 5) is 0. The second-order valence-corrected chi connectivity index (χ2v) is 1.17. The van der Waals surface area contributed by atoms with Crippen LogP contribution in [0.1, 0.15) is 13.8 Å². The highest BCUT2D eigenvalue weighted by molar-refractivity contribution is 4.72. The van der Waals surface area contributed by atoms with E-state index in [1.807, 2.05) is 19.9 Å². The first kappa shape index (κ1) is 11.9. The standard InChI is InChI=1S/C3H4N2.C2H6O.C2H6/c1-2-4-5-3-1;1-3-2;1-2/h1-3H,(H,4,5);1-2H3;1-2H3. The van der Waals surface area contributed by atoms with Crippen LogP contribution in [0.3, 0.4) is 0 Å². The van der Waals surface area contributed by atoms with Gasteiger partial charge < -0.3 is 4.74 Å². The Morgan fingerprint density at radius 3 is 1.90 bits per heavy atom. The summed E-state index contributed by atoms with van der Waals surface area (Å²) in [6.45, 7) is 4.00. The monoisotopic (exact) mass is 144 g/mol. The predicted octanol–water partition coefficient (Wildman–Crippen LogP) is 1.70. The Balaban J connectivity index is 0. The molecule has 0 fully saturated rings. The third kappa shape index (κ3) is 15.7. The molecule has 0 atom stereocenters. The van der Waals surface area contributed by atoms with Crippen LogP contribution in [0, 0.1) is 0 Å². The van der Waals surface area contributed by atoms with E-state index >= 15 is 0 Å². The van der Waals surface area contributed by atoms with E-state index in [1.54, 1.807) is 26.6 Å². The minimum absolute atomic E-state index is 1.62. The Hall–Kier alpha value is -0.830. The maximum atomic E-state index is 4.25. The van der Waals surface area contributed by atoms with E-state index in [-0.39, 0.29) is 0 Å². The maximum absolute atomic E-state index is 4.25. The van der Waals surface area contributed by atoms with Gasteiger partial charge in [-0.3, -0.25) is 5.10 Å². The van der Waals surface area contributed by atoms with Crippen molar-refractivity contribution in [2.24, 2.45) is 0 Å². The van der Waals surface area contributed by atoms with Crippen LogP contribution in [0.15, 0.2) is 18.5 Å². The lowest BCUT2D eigenvalue weighted by molar-refractivity contribution is 0.277. The second-order valence-electron chi connectivity index (χ2n) is 1.17. The largest absolute Gasteiger partial charge is 0.388 e. The van der Waals surface area contributed by atoms with Crippen molar-refractivity contribution in [3.05, 3.63) is 18.5 Å². The van der Waals surface area contributed by atoms with Gasteiger partial charge in [0, 0.05) is 26.6 Å². The van der Waals surface area contributed by atoms with Crippen molar-refractivity contribution in [2.75, 3.05) is 14.2 Å². The molecule has 0 aliphatic heterocycles. The molecule has 3 nitrogen and oxygen atoms in total. The smallest absolute Gasteiger partial charge is 0.0487 e. The van der Waals surface area contributed by atoms with E-state index < -0.39 is 0 Å². The molecule has 1 aromatic rings. The first-order valence-corrected chi connectivity index (χ1v) is 3.25. The van der Waals surface area contributed by atoms with E-state index in [0.717, 1.165) is 0 Å². The predicted molar refractivity (Wildman–Crippen MR) is 42.9 cm³/mol. The highest BCUT2D eigenvalue weighted by Crippen LogP contribution is 1.64. The van der Waals surface area contributed by atoms with Gasteiger partial charge >= 0.3 is 0 Å². The normalized spacial score (nSPS) is 6.40. The molecule has 0 spiro atoms. The van der Waals surface area contributed by atoms with E-state index in [4.69, 9.17) is 0 Å². The van der Waals surface area contributed by atoms with Crippen LogP contribution in [0.2, 0.25) is 0 Å². The summed E-state index contributed by atoms with van der Waals surface area (Å²) in [7, 11) is 3.25. The van der Waals surface area contributed by atoms with Crippen molar-refractivity contribution in [1.29, 1.82) is 0 Å². The van der Waals surface area contributed by atoms with Gasteiger partial charge in [-0.2, -0.15) is 5.10 Å².